The molecule has 1 N–H and O–H groups in total. The number of amides is 2. The predicted octanol–water partition coefficient (Wildman–Crippen LogP) is 1.13. The number of hydrogen-bond donors (Lipinski definition) is 1. The average Bonchev–Trinajstić information content (AvgIpc) is 2.60. The summed E-state index contributed by atoms with van der Waals surface area (Å²) in [7, 11) is 3.38. The summed E-state index contributed by atoms with van der Waals surface area (Å²) in [5.74, 6) is 0.820. The van der Waals surface area contributed by atoms with Crippen LogP contribution < -0.4 is 5.32 Å². The number of aryl methyl sites for hydroxylation is 1. The van der Waals surface area contributed by atoms with Crippen LogP contribution in [0.1, 0.15) is 5.82 Å². The molecule has 0 aliphatic heterocycles. The molecule has 2 heterocycles. The molecule has 2 amide bonds. The Kier molecular flexibility index (Phi) is 2.47. The minimum Gasteiger partial charge on any atom is -0.331 e. The highest BCUT2D eigenvalue weighted by molar-refractivity contribution is 5.89. The Bertz CT molecular complexity index is 531. The molecule has 0 saturated heterocycles. The lowest BCUT2D eigenvalue weighted by Crippen LogP contribution is -2.27. The van der Waals surface area contributed by atoms with Crippen LogP contribution >= 0.6 is 0 Å². The standard InChI is InChI=1S/C10H13N5O/c1-7-12-13-9-6-8(4-5-15(7)9)11-10(16)14(2)3/h4-6H,1-3H3,(H,11,16). The Morgan fingerprint density at radius 3 is 2.88 bits per heavy atom. The van der Waals surface area contributed by atoms with E-state index in [0.717, 1.165) is 5.82 Å². The van der Waals surface area contributed by atoms with Crippen molar-refractivity contribution in [3.63, 3.8) is 0 Å². The zero-order valence-corrected chi connectivity index (χ0v) is 9.43. The summed E-state index contributed by atoms with van der Waals surface area (Å²) in [6.45, 7) is 1.87. The van der Waals surface area contributed by atoms with Gasteiger partial charge in [-0.15, -0.1) is 10.2 Å². The molecular formula is C10H13N5O. The van der Waals surface area contributed by atoms with Crippen molar-refractivity contribution in [2.75, 3.05) is 19.4 Å². The molecule has 6 heteroatoms. The zero-order chi connectivity index (χ0) is 11.7. The molecule has 0 fully saturated rings. The number of fused-ring (bicyclic) bond motifs is 1. The van der Waals surface area contributed by atoms with Gasteiger partial charge in [-0.1, -0.05) is 0 Å². The van der Waals surface area contributed by atoms with Gasteiger partial charge in [0.15, 0.2) is 5.65 Å². The number of anilines is 1. The van der Waals surface area contributed by atoms with E-state index in [-0.39, 0.29) is 6.03 Å². The first-order valence-corrected chi connectivity index (χ1v) is 4.87. The van der Waals surface area contributed by atoms with E-state index >= 15 is 0 Å². The van der Waals surface area contributed by atoms with Crippen LogP contribution in [0.2, 0.25) is 0 Å². The van der Waals surface area contributed by atoms with E-state index < -0.39 is 0 Å². The number of aromatic nitrogens is 3. The van der Waals surface area contributed by atoms with Gasteiger partial charge in [0, 0.05) is 32.0 Å². The van der Waals surface area contributed by atoms with Crippen LogP contribution in [0.4, 0.5) is 10.5 Å². The van der Waals surface area contributed by atoms with Crippen molar-refractivity contribution in [2.45, 2.75) is 6.92 Å². The average molecular weight is 219 g/mol. The lowest BCUT2D eigenvalue weighted by molar-refractivity contribution is 0.230. The van der Waals surface area contributed by atoms with Crippen molar-refractivity contribution < 1.29 is 4.79 Å². The Morgan fingerprint density at radius 2 is 2.19 bits per heavy atom. The van der Waals surface area contributed by atoms with Crippen LogP contribution in [-0.4, -0.2) is 39.6 Å². The van der Waals surface area contributed by atoms with Gasteiger partial charge >= 0.3 is 6.03 Å². The highest BCUT2D eigenvalue weighted by Gasteiger charge is 2.06. The third-order valence-electron chi connectivity index (χ3n) is 2.24. The molecule has 0 atom stereocenters. The summed E-state index contributed by atoms with van der Waals surface area (Å²) in [6, 6.07) is 3.42. The summed E-state index contributed by atoms with van der Waals surface area (Å²) >= 11 is 0. The number of nitrogens with one attached hydrogen (secondary N) is 1. The first kappa shape index (κ1) is 10.4. The molecule has 0 unspecified atom stereocenters. The fraction of sp³-hybridized carbons (Fsp3) is 0.300. The van der Waals surface area contributed by atoms with Crippen molar-refractivity contribution in [3.05, 3.63) is 24.2 Å². The van der Waals surface area contributed by atoms with Crippen LogP contribution in [-0.2, 0) is 0 Å². The van der Waals surface area contributed by atoms with E-state index in [9.17, 15) is 4.79 Å². The third-order valence-corrected chi connectivity index (χ3v) is 2.24. The molecule has 6 nitrogen and oxygen atoms in total. The summed E-state index contributed by atoms with van der Waals surface area (Å²) in [5.41, 5.74) is 1.42. The van der Waals surface area contributed by atoms with Gasteiger partial charge in [0.2, 0.25) is 0 Å². The predicted molar refractivity (Wildman–Crippen MR) is 60.4 cm³/mol. The maximum atomic E-state index is 11.4. The maximum absolute atomic E-state index is 11.4. The molecule has 0 aliphatic rings. The van der Waals surface area contributed by atoms with Crippen LogP contribution in [0, 0.1) is 6.92 Å². The number of rotatable bonds is 1. The van der Waals surface area contributed by atoms with E-state index in [4.69, 9.17) is 0 Å². The monoisotopic (exact) mass is 219 g/mol. The fourth-order valence-corrected chi connectivity index (χ4v) is 1.32. The SMILES string of the molecule is Cc1nnc2cc(NC(=O)N(C)C)ccn12. The highest BCUT2D eigenvalue weighted by Crippen LogP contribution is 2.11. The van der Waals surface area contributed by atoms with Gasteiger partial charge in [0.25, 0.3) is 0 Å². The largest absolute Gasteiger partial charge is 0.331 e. The van der Waals surface area contributed by atoms with Gasteiger partial charge in [0.1, 0.15) is 5.82 Å². The highest BCUT2D eigenvalue weighted by atomic mass is 16.2. The Morgan fingerprint density at radius 1 is 1.44 bits per heavy atom. The second-order valence-electron chi connectivity index (χ2n) is 3.72. The van der Waals surface area contributed by atoms with Crippen molar-refractivity contribution in [1.82, 2.24) is 19.5 Å². The van der Waals surface area contributed by atoms with E-state index in [1.165, 1.54) is 4.90 Å². The second-order valence-corrected chi connectivity index (χ2v) is 3.72. The van der Waals surface area contributed by atoms with Crippen molar-refractivity contribution >= 4 is 17.4 Å². The molecule has 0 bridgehead atoms. The molecule has 0 saturated carbocycles. The summed E-state index contributed by atoms with van der Waals surface area (Å²) in [6.07, 6.45) is 1.83. The lowest BCUT2D eigenvalue weighted by atomic mass is 10.4. The van der Waals surface area contributed by atoms with Gasteiger partial charge in [-0.25, -0.2) is 4.79 Å². The van der Waals surface area contributed by atoms with Gasteiger partial charge in [-0.05, 0) is 13.0 Å². The molecule has 0 spiro atoms. The molecule has 0 aromatic carbocycles. The second kappa shape index (κ2) is 3.80. The topological polar surface area (TPSA) is 62.5 Å². The van der Waals surface area contributed by atoms with E-state index in [1.807, 2.05) is 23.6 Å². The van der Waals surface area contributed by atoms with Crippen molar-refractivity contribution in [3.8, 4) is 0 Å². The molecule has 16 heavy (non-hydrogen) atoms. The first-order chi connectivity index (χ1) is 7.58. The number of pyridine rings is 1. The fourth-order valence-electron chi connectivity index (χ4n) is 1.32. The van der Waals surface area contributed by atoms with Gasteiger partial charge < -0.3 is 10.2 Å². The summed E-state index contributed by atoms with van der Waals surface area (Å²) < 4.78 is 1.85. The Balaban J connectivity index is 2.30. The molecule has 0 radical (unpaired) electrons. The van der Waals surface area contributed by atoms with Crippen LogP contribution in [0.3, 0.4) is 0 Å². The maximum Gasteiger partial charge on any atom is 0.321 e. The molecular weight excluding hydrogens is 206 g/mol. The molecule has 2 rings (SSSR count). The quantitative estimate of drug-likeness (QED) is 0.782. The zero-order valence-electron chi connectivity index (χ0n) is 9.43. The summed E-state index contributed by atoms with van der Waals surface area (Å²) in [4.78, 5) is 12.9. The minimum atomic E-state index is -0.166. The van der Waals surface area contributed by atoms with E-state index in [2.05, 4.69) is 15.5 Å². The Hall–Kier alpha value is -2.11. The normalized spacial score (nSPS) is 10.4. The molecule has 2 aromatic rings. The first-order valence-electron chi connectivity index (χ1n) is 4.87. The molecule has 2 aromatic heterocycles. The van der Waals surface area contributed by atoms with Crippen molar-refractivity contribution in [2.24, 2.45) is 0 Å². The smallest absolute Gasteiger partial charge is 0.321 e. The molecule has 0 aliphatic carbocycles. The third kappa shape index (κ3) is 1.81. The number of carbonyl (C=O) groups excluding carboxylic acids is 1. The van der Waals surface area contributed by atoms with Gasteiger partial charge in [-0.2, -0.15) is 0 Å². The lowest BCUT2D eigenvalue weighted by Gasteiger charge is -2.11. The number of hydrogen-bond acceptors (Lipinski definition) is 3. The van der Waals surface area contributed by atoms with Gasteiger partial charge in [0.05, 0.1) is 0 Å². The van der Waals surface area contributed by atoms with Crippen molar-refractivity contribution in [1.29, 1.82) is 0 Å². The number of carbonyl (C=O) groups is 1. The van der Waals surface area contributed by atoms with Crippen LogP contribution in [0.25, 0.3) is 5.65 Å². The van der Waals surface area contributed by atoms with Crippen LogP contribution in [0.5, 0.6) is 0 Å². The van der Waals surface area contributed by atoms with E-state index in [0.29, 0.717) is 11.3 Å². The van der Waals surface area contributed by atoms with E-state index in [1.54, 1.807) is 20.2 Å². The summed E-state index contributed by atoms with van der Waals surface area (Å²) in [5, 5.41) is 10.7. The van der Waals surface area contributed by atoms with Crippen LogP contribution in [0.15, 0.2) is 18.3 Å². The minimum absolute atomic E-state index is 0.166. The number of nitrogens with zero attached hydrogens (tertiary/aromatic N) is 4. The van der Waals surface area contributed by atoms with Gasteiger partial charge in [-0.3, -0.25) is 4.40 Å². The number of urea groups is 1. The Labute approximate surface area is 92.9 Å². The molecule has 84 valence electrons.